The van der Waals surface area contributed by atoms with Crippen LogP contribution in [0.3, 0.4) is 0 Å². The van der Waals surface area contributed by atoms with Crippen LogP contribution in [0.5, 0.6) is 0 Å². The first-order chi connectivity index (χ1) is 12.0. The molecule has 1 saturated heterocycles. The van der Waals surface area contributed by atoms with Crippen molar-refractivity contribution in [3.63, 3.8) is 0 Å². The monoisotopic (exact) mass is 337 g/mol. The van der Waals surface area contributed by atoms with Gasteiger partial charge in [-0.1, -0.05) is 18.2 Å². The highest BCUT2D eigenvalue weighted by atomic mass is 16.2. The SMILES string of the molecule is CN(C)C(=O)c1ccc(N[C@@H]2CC(=O)N(c3ccccc3)C2=O)cc1. The van der Waals surface area contributed by atoms with E-state index in [4.69, 9.17) is 0 Å². The van der Waals surface area contributed by atoms with Crippen molar-refractivity contribution in [3.05, 3.63) is 60.2 Å². The predicted octanol–water partition coefficient (Wildman–Crippen LogP) is 2.13. The van der Waals surface area contributed by atoms with Crippen LogP contribution < -0.4 is 10.2 Å². The Balaban J connectivity index is 1.73. The van der Waals surface area contributed by atoms with Crippen LogP contribution in [0.2, 0.25) is 0 Å². The summed E-state index contributed by atoms with van der Waals surface area (Å²) in [5, 5.41) is 3.08. The average molecular weight is 337 g/mol. The zero-order valence-electron chi connectivity index (χ0n) is 14.1. The van der Waals surface area contributed by atoms with Gasteiger partial charge in [-0.05, 0) is 36.4 Å². The van der Waals surface area contributed by atoms with Crippen LogP contribution >= 0.6 is 0 Å². The summed E-state index contributed by atoms with van der Waals surface area (Å²) in [5.41, 5.74) is 1.83. The molecule has 3 amide bonds. The van der Waals surface area contributed by atoms with E-state index in [-0.39, 0.29) is 24.1 Å². The summed E-state index contributed by atoms with van der Waals surface area (Å²) in [6.07, 6.45) is 0.103. The Kier molecular flexibility index (Phi) is 4.52. The van der Waals surface area contributed by atoms with Crippen LogP contribution in [0.25, 0.3) is 0 Å². The van der Waals surface area contributed by atoms with Gasteiger partial charge >= 0.3 is 0 Å². The van der Waals surface area contributed by atoms with E-state index in [9.17, 15) is 14.4 Å². The molecule has 1 aliphatic rings. The van der Waals surface area contributed by atoms with Gasteiger partial charge in [0.05, 0.1) is 12.1 Å². The minimum absolute atomic E-state index is 0.0890. The maximum atomic E-state index is 12.6. The maximum absolute atomic E-state index is 12.6. The molecule has 1 fully saturated rings. The van der Waals surface area contributed by atoms with Crippen molar-refractivity contribution in [2.24, 2.45) is 0 Å². The topological polar surface area (TPSA) is 69.7 Å². The molecule has 0 aliphatic carbocycles. The minimum Gasteiger partial charge on any atom is -0.373 e. The highest BCUT2D eigenvalue weighted by Crippen LogP contribution is 2.24. The Morgan fingerprint density at radius 3 is 2.28 bits per heavy atom. The predicted molar refractivity (Wildman–Crippen MR) is 95.4 cm³/mol. The fraction of sp³-hybridized carbons (Fsp3) is 0.211. The third kappa shape index (κ3) is 3.38. The molecule has 1 heterocycles. The molecule has 0 spiro atoms. The van der Waals surface area contributed by atoms with Crippen molar-refractivity contribution in [1.29, 1.82) is 0 Å². The van der Waals surface area contributed by atoms with E-state index in [1.165, 1.54) is 9.80 Å². The summed E-state index contributed by atoms with van der Waals surface area (Å²) in [6.45, 7) is 0. The van der Waals surface area contributed by atoms with Crippen LogP contribution in [-0.2, 0) is 9.59 Å². The van der Waals surface area contributed by atoms with E-state index in [0.29, 0.717) is 16.9 Å². The van der Waals surface area contributed by atoms with Gasteiger partial charge in [0, 0.05) is 25.3 Å². The van der Waals surface area contributed by atoms with E-state index in [1.54, 1.807) is 62.6 Å². The fourth-order valence-corrected chi connectivity index (χ4v) is 2.76. The molecular weight excluding hydrogens is 318 g/mol. The second-order valence-corrected chi connectivity index (χ2v) is 6.08. The number of amides is 3. The zero-order valence-corrected chi connectivity index (χ0v) is 14.1. The molecule has 0 aromatic heterocycles. The van der Waals surface area contributed by atoms with Crippen LogP contribution in [0, 0.1) is 0 Å². The Morgan fingerprint density at radius 2 is 1.68 bits per heavy atom. The number of imide groups is 1. The van der Waals surface area contributed by atoms with Crippen molar-refractivity contribution < 1.29 is 14.4 Å². The molecule has 2 aromatic rings. The number of para-hydroxylation sites is 1. The van der Waals surface area contributed by atoms with Crippen LogP contribution in [0.1, 0.15) is 16.8 Å². The number of nitrogens with one attached hydrogen (secondary N) is 1. The summed E-state index contributed by atoms with van der Waals surface area (Å²) >= 11 is 0. The number of nitrogens with zero attached hydrogens (tertiary/aromatic N) is 2. The van der Waals surface area contributed by atoms with Gasteiger partial charge in [-0.2, -0.15) is 0 Å². The van der Waals surface area contributed by atoms with E-state index in [0.717, 1.165) is 0 Å². The standard InChI is InChI=1S/C19H19N3O3/c1-21(2)18(24)13-8-10-14(11-9-13)20-16-12-17(23)22(19(16)25)15-6-4-3-5-7-15/h3-11,16,20H,12H2,1-2H3/t16-/m1/s1. The summed E-state index contributed by atoms with van der Waals surface area (Å²) in [4.78, 5) is 39.4. The molecule has 6 heteroatoms. The van der Waals surface area contributed by atoms with Gasteiger partial charge < -0.3 is 10.2 Å². The summed E-state index contributed by atoms with van der Waals surface area (Å²) in [7, 11) is 3.38. The van der Waals surface area contributed by atoms with Gasteiger partial charge in [0.2, 0.25) is 5.91 Å². The third-order valence-corrected chi connectivity index (χ3v) is 4.04. The summed E-state index contributed by atoms with van der Waals surface area (Å²) in [6, 6.07) is 15.1. The first kappa shape index (κ1) is 16.7. The number of rotatable bonds is 4. The molecule has 25 heavy (non-hydrogen) atoms. The number of hydrogen-bond donors (Lipinski definition) is 1. The second kappa shape index (κ2) is 6.76. The van der Waals surface area contributed by atoms with E-state index in [1.807, 2.05) is 6.07 Å². The maximum Gasteiger partial charge on any atom is 0.256 e. The van der Waals surface area contributed by atoms with E-state index >= 15 is 0 Å². The smallest absolute Gasteiger partial charge is 0.256 e. The van der Waals surface area contributed by atoms with Gasteiger partial charge in [0.1, 0.15) is 6.04 Å². The van der Waals surface area contributed by atoms with Crippen molar-refractivity contribution >= 4 is 29.1 Å². The molecule has 3 rings (SSSR count). The fourth-order valence-electron chi connectivity index (χ4n) is 2.76. The zero-order chi connectivity index (χ0) is 18.0. The van der Waals surface area contributed by atoms with Crippen molar-refractivity contribution in [2.45, 2.75) is 12.5 Å². The molecule has 1 atom stereocenters. The molecular formula is C19H19N3O3. The van der Waals surface area contributed by atoms with E-state index in [2.05, 4.69) is 5.32 Å². The Hall–Kier alpha value is -3.15. The Bertz CT molecular complexity index is 800. The first-order valence-corrected chi connectivity index (χ1v) is 7.97. The highest BCUT2D eigenvalue weighted by Gasteiger charge is 2.39. The largest absolute Gasteiger partial charge is 0.373 e. The molecule has 0 unspecified atom stereocenters. The second-order valence-electron chi connectivity index (χ2n) is 6.08. The van der Waals surface area contributed by atoms with Gasteiger partial charge in [-0.3, -0.25) is 14.4 Å². The first-order valence-electron chi connectivity index (χ1n) is 7.97. The van der Waals surface area contributed by atoms with Crippen LogP contribution in [0.15, 0.2) is 54.6 Å². The lowest BCUT2D eigenvalue weighted by Gasteiger charge is -2.16. The molecule has 0 saturated carbocycles. The molecule has 1 N–H and O–H groups in total. The van der Waals surface area contributed by atoms with Gasteiger partial charge in [0.25, 0.3) is 11.8 Å². The minimum atomic E-state index is -0.608. The van der Waals surface area contributed by atoms with Gasteiger partial charge in [0.15, 0.2) is 0 Å². The van der Waals surface area contributed by atoms with Crippen molar-refractivity contribution in [1.82, 2.24) is 4.90 Å². The normalized spacial score (nSPS) is 16.9. The molecule has 2 aromatic carbocycles. The Morgan fingerprint density at radius 1 is 1.04 bits per heavy atom. The number of anilines is 2. The van der Waals surface area contributed by atoms with Crippen molar-refractivity contribution in [3.8, 4) is 0 Å². The van der Waals surface area contributed by atoms with E-state index < -0.39 is 6.04 Å². The van der Waals surface area contributed by atoms with Gasteiger partial charge in [-0.25, -0.2) is 4.90 Å². The highest BCUT2D eigenvalue weighted by molar-refractivity contribution is 6.23. The molecule has 128 valence electrons. The Labute approximate surface area is 146 Å². The average Bonchev–Trinajstić information content (AvgIpc) is 2.89. The van der Waals surface area contributed by atoms with Crippen molar-refractivity contribution in [2.75, 3.05) is 24.3 Å². The molecule has 1 aliphatic heterocycles. The molecule has 0 radical (unpaired) electrons. The lowest BCUT2D eigenvalue weighted by molar-refractivity contribution is -0.121. The number of carbonyl (C=O) groups excluding carboxylic acids is 3. The van der Waals surface area contributed by atoms with Crippen LogP contribution in [-0.4, -0.2) is 42.8 Å². The summed E-state index contributed by atoms with van der Waals surface area (Å²) in [5.74, 6) is -0.591. The van der Waals surface area contributed by atoms with Gasteiger partial charge in [-0.15, -0.1) is 0 Å². The quantitative estimate of drug-likeness (QED) is 0.868. The number of benzene rings is 2. The molecule has 0 bridgehead atoms. The molecule has 6 nitrogen and oxygen atoms in total. The lowest BCUT2D eigenvalue weighted by atomic mass is 10.1. The third-order valence-electron chi connectivity index (χ3n) is 4.04. The van der Waals surface area contributed by atoms with Crippen LogP contribution in [0.4, 0.5) is 11.4 Å². The lowest BCUT2D eigenvalue weighted by Crippen LogP contribution is -2.34. The summed E-state index contributed by atoms with van der Waals surface area (Å²) < 4.78 is 0. The number of carbonyl (C=O) groups is 3. The number of hydrogen-bond acceptors (Lipinski definition) is 4.